The number of aryl methyl sites for hydroxylation is 1. The number of hydrogen-bond acceptors (Lipinski definition) is 3. The van der Waals surface area contributed by atoms with Crippen molar-refractivity contribution in [2.75, 3.05) is 5.73 Å². The molecule has 0 saturated heterocycles. The Labute approximate surface area is 88.8 Å². The molecule has 0 aliphatic carbocycles. The van der Waals surface area contributed by atoms with Gasteiger partial charge < -0.3 is 5.73 Å². The summed E-state index contributed by atoms with van der Waals surface area (Å²) in [7, 11) is 0. The predicted molar refractivity (Wildman–Crippen MR) is 59.5 cm³/mol. The number of nitrogens with zero attached hydrogens (tertiary/aromatic N) is 3. The van der Waals surface area contributed by atoms with Gasteiger partial charge >= 0.3 is 0 Å². The fourth-order valence-electron chi connectivity index (χ4n) is 1.46. The summed E-state index contributed by atoms with van der Waals surface area (Å²) in [5.41, 5.74) is 9.87. The zero-order valence-electron chi connectivity index (χ0n) is 8.94. The Morgan fingerprint density at radius 2 is 2.13 bits per heavy atom. The Bertz CT molecular complexity index is 473. The van der Waals surface area contributed by atoms with E-state index in [9.17, 15) is 0 Å². The second-order valence-electron chi connectivity index (χ2n) is 3.65. The first-order valence-corrected chi connectivity index (χ1v) is 4.86. The second-order valence-corrected chi connectivity index (χ2v) is 3.65. The Hall–Kier alpha value is -1.84. The second kappa shape index (κ2) is 3.73. The van der Waals surface area contributed by atoms with E-state index in [4.69, 9.17) is 5.73 Å². The van der Waals surface area contributed by atoms with Crippen LogP contribution in [0.2, 0.25) is 0 Å². The van der Waals surface area contributed by atoms with Crippen LogP contribution in [-0.2, 0) is 6.54 Å². The fourth-order valence-corrected chi connectivity index (χ4v) is 1.46. The van der Waals surface area contributed by atoms with E-state index >= 15 is 0 Å². The van der Waals surface area contributed by atoms with Crippen LogP contribution in [0.3, 0.4) is 0 Å². The van der Waals surface area contributed by atoms with Crippen LogP contribution < -0.4 is 5.73 Å². The smallest absolute Gasteiger partial charge is 0.0730 e. The fraction of sp³-hybridized carbons (Fsp3) is 0.273. The van der Waals surface area contributed by atoms with Gasteiger partial charge in [0.25, 0.3) is 0 Å². The van der Waals surface area contributed by atoms with Gasteiger partial charge in [-0.2, -0.15) is 5.10 Å². The maximum atomic E-state index is 5.74. The van der Waals surface area contributed by atoms with E-state index in [2.05, 4.69) is 10.1 Å². The van der Waals surface area contributed by atoms with E-state index < -0.39 is 0 Å². The van der Waals surface area contributed by atoms with Gasteiger partial charge in [-0.05, 0) is 31.0 Å². The Kier molecular flexibility index (Phi) is 2.41. The molecule has 0 saturated carbocycles. The van der Waals surface area contributed by atoms with Crippen LogP contribution in [0.1, 0.15) is 16.8 Å². The van der Waals surface area contributed by atoms with Crippen LogP contribution in [-0.4, -0.2) is 14.8 Å². The van der Waals surface area contributed by atoms with Crippen molar-refractivity contribution in [3.8, 4) is 0 Å². The highest BCUT2D eigenvalue weighted by Crippen LogP contribution is 2.12. The monoisotopic (exact) mass is 202 g/mol. The molecule has 2 heterocycles. The van der Waals surface area contributed by atoms with Crippen LogP contribution >= 0.6 is 0 Å². The van der Waals surface area contributed by atoms with E-state index in [1.165, 1.54) is 11.1 Å². The highest BCUT2D eigenvalue weighted by molar-refractivity contribution is 5.40. The lowest BCUT2D eigenvalue weighted by Gasteiger charge is -2.07. The number of aromatic nitrogens is 3. The number of nitrogens with two attached hydrogens (primary N) is 1. The third-order valence-corrected chi connectivity index (χ3v) is 2.60. The topological polar surface area (TPSA) is 56.7 Å². The zero-order chi connectivity index (χ0) is 10.8. The summed E-state index contributed by atoms with van der Waals surface area (Å²) in [6.07, 6.45) is 5.34. The number of pyridine rings is 1. The van der Waals surface area contributed by atoms with Gasteiger partial charge in [0.1, 0.15) is 0 Å². The molecule has 2 aromatic rings. The van der Waals surface area contributed by atoms with Gasteiger partial charge in [-0.15, -0.1) is 0 Å². The van der Waals surface area contributed by atoms with Gasteiger partial charge in [0.15, 0.2) is 0 Å². The van der Waals surface area contributed by atoms with E-state index in [0.717, 1.165) is 17.9 Å². The molecule has 2 rings (SSSR count). The summed E-state index contributed by atoms with van der Waals surface area (Å²) in [5, 5.41) is 4.22. The minimum absolute atomic E-state index is 0.738. The maximum Gasteiger partial charge on any atom is 0.0730 e. The minimum atomic E-state index is 0.738. The van der Waals surface area contributed by atoms with Crippen molar-refractivity contribution in [1.29, 1.82) is 0 Å². The molecule has 78 valence electrons. The summed E-state index contributed by atoms with van der Waals surface area (Å²) in [5.74, 6) is 0. The van der Waals surface area contributed by atoms with Crippen molar-refractivity contribution >= 4 is 5.69 Å². The van der Waals surface area contributed by atoms with Crippen LogP contribution in [0.25, 0.3) is 0 Å². The molecule has 15 heavy (non-hydrogen) atoms. The number of nitrogen functional groups attached to an aromatic ring is 1. The summed E-state index contributed by atoms with van der Waals surface area (Å²) >= 11 is 0. The molecule has 0 radical (unpaired) electrons. The molecule has 2 aromatic heterocycles. The SMILES string of the molecule is Cc1cnccc1Cn1ncc(N)c1C. The molecule has 0 unspecified atom stereocenters. The number of hydrogen-bond donors (Lipinski definition) is 1. The molecule has 4 nitrogen and oxygen atoms in total. The quantitative estimate of drug-likeness (QED) is 0.803. The average molecular weight is 202 g/mol. The summed E-state index contributed by atoms with van der Waals surface area (Å²) in [4.78, 5) is 4.06. The van der Waals surface area contributed by atoms with Crippen molar-refractivity contribution in [3.63, 3.8) is 0 Å². The standard InChI is InChI=1S/C11H14N4/c1-8-5-13-4-3-10(8)7-15-9(2)11(12)6-14-15/h3-6H,7,12H2,1-2H3. The Balaban J connectivity index is 2.30. The normalized spacial score (nSPS) is 10.5. The molecule has 0 aromatic carbocycles. The molecule has 0 bridgehead atoms. The average Bonchev–Trinajstić information content (AvgIpc) is 2.53. The van der Waals surface area contributed by atoms with Gasteiger partial charge in [-0.1, -0.05) is 0 Å². The Morgan fingerprint density at radius 1 is 1.33 bits per heavy atom. The summed E-state index contributed by atoms with van der Waals surface area (Å²) in [6, 6.07) is 2.01. The van der Waals surface area contributed by atoms with Crippen molar-refractivity contribution in [3.05, 3.63) is 41.5 Å². The summed E-state index contributed by atoms with van der Waals surface area (Å²) in [6.45, 7) is 4.76. The van der Waals surface area contributed by atoms with Crippen molar-refractivity contribution in [1.82, 2.24) is 14.8 Å². The third kappa shape index (κ3) is 1.83. The van der Waals surface area contributed by atoms with E-state index in [-0.39, 0.29) is 0 Å². The van der Waals surface area contributed by atoms with E-state index in [1.54, 1.807) is 12.4 Å². The molecule has 4 heteroatoms. The molecule has 0 fully saturated rings. The lowest BCUT2D eigenvalue weighted by atomic mass is 10.1. The van der Waals surface area contributed by atoms with Crippen molar-refractivity contribution in [2.24, 2.45) is 0 Å². The maximum absolute atomic E-state index is 5.74. The van der Waals surface area contributed by atoms with Crippen molar-refractivity contribution < 1.29 is 0 Å². The van der Waals surface area contributed by atoms with E-state index in [1.807, 2.05) is 30.8 Å². The number of rotatable bonds is 2. The lowest BCUT2D eigenvalue weighted by molar-refractivity contribution is 0.662. The first-order chi connectivity index (χ1) is 7.18. The zero-order valence-corrected chi connectivity index (χ0v) is 8.94. The molecule has 0 amide bonds. The van der Waals surface area contributed by atoms with Gasteiger partial charge in [0.05, 0.1) is 24.1 Å². The third-order valence-electron chi connectivity index (χ3n) is 2.60. The number of anilines is 1. The van der Waals surface area contributed by atoms with Crippen LogP contribution in [0.5, 0.6) is 0 Å². The van der Waals surface area contributed by atoms with Crippen LogP contribution in [0.4, 0.5) is 5.69 Å². The first kappa shape index (κ1) is 9.71. The molecular formula is C11H14N4. The van der Waals surface area contributed by atoms with Gasteiger partial charge in [0.2, 0.25) is 0 Å². The van der Waals surface area contributed by atoms with Gasteiger partial charge in [0, 0.05) is 12.4 Å². The molecule has 0 aliphatic rings. The molecule has 0 aliphatic heterocycles. The largest absolute Gasteiger partial charge is 0.396 e. The molecule has 0 atom stereocenters. The van der Waals surface area contributed by atoms with Crippen LogP contribution in [0.15, 0.2) is 24.7 Å². The first-order valence-electron chi connectivity index (χ1n) is 4.86. The highest BCUT2D eigenvalue weighted by atomic mass is 15.3. The van der Waals surface area contributed by atoms with Crippen LogP contribution in [0, 0.1) is 13.8 Å². The van der Waals surface area contributed by atoms with Gasteiger partial charge in [-0.25, -0.2) is 0 Å². The lowest BCUT2D eigenvalue weighted by Crippen LogP contribution is -2.05. The minimum Gasteiger partial charge on any atom is -0.396 e. The molecular weight excluding hydrogens is 188 g/mol. The van der Waals surface area contributed by atoms with E-state index in [0.29, 0.717) is 0 Å². The van der Waals surface area contributed by atoms with Crippen molar-refractivity contribution in [2.45, 2.75) is 20.4 Å². The predicted octanol–water partition coefficient (Wildman–Crippen LogP) is 1.53. The highest BCUT2D eigenvalue weighted by Gasteiger charge is 2.04. The Morgan fingerprint density at radius 3 is 2.73 bits per heavy atom. The summed E-state index contributed by atoms with van der Waals surface area (Å²) < 4.78 is 1.90. The molecule has 2 N–H and O–H groups in total. The molecule has 0 spiro atoms. The van der Waals surface area contributed by atoms with Gasteiger partial charge in [-0.3, -0.25) is 9.67 Å².